The van der Waals surface area contributed by atoms with Gasteiger partial charge in [0.2, 0.25) is 5.91 Å². The van der Waals surface area contributed by atoms with Crippen LogP contribution in [0.25, 0.3) is 0 Å². The van der Waals surface area contributed by atoms with E-state index in [1.165, 1.54) is 31.9 Å². The second-order valence-corrected chi connectivity index (χ2v) is 9.95. The molecule has 4 rings (SSSR count). The summed E-state index contributed by atoms with van der Waals surface area (Å²) >= 11 is 0. The van der Waals surface area contributed by atoms with Crippen LogP contribution in [0.15, 0.2) is 30.3 Å². The quantitative estimate of drug-likeness (QED) is 0.703. The van der Waals surface area contributed by atoms with Crippen LogP contribution in [0.4, 0.5) is 0 Å². The molecule has 1 N–H and O–H groups in total. The Hall–Kier alpha value is -1.88. The maximum atomic E-state index is 13.2. The molecule has 0 spiro atoms. The number of carbonyl (C=O) groups excluding carboxylic acids is 2. The number of fused-ring (bicyclic) bond motifs is 1. The van der Waals surface area contributed by atoms with Crippen molar-refractivity contribution < 1.29 is 14.3 Å². The third kappa shape index (κ3) is 5.14. The van der Waals surface area contributed by atoms with Gasteiger partial charge in [-0.25, -0.2) is 0 Å². The Kier molecular flexibility index (Phi) is 7.31. The van der Waals surface area contributed by atoms with E-state index in [9.17, 15) is 9.59 Å². The molecule has 3 aliphatic rings. The molecule has 1 saturated heterocycles. The molecule has 2 saturated carbocycles. The molecular weight excluding hydrogens is 388 g/mol. The molecule has 0 aromatic heterocycles. The number of amides is 1. The number of nitrogens with one attached hydrogen (secondary N) is 1. The minimum atomic E-state index is -0.189. The van der Waals surface area contributed by atoms with Crippen molar-refractivity contribution in [3.63, 3.8) is 0 Å². The minimum Gasteiger partial charge on any atom is -0.469 e. The number of piperidine rings is 1. The number of methoxy groups -OCH3 is 1. The average molecular weight is 427 g/mol. The molecule has 1 aromatic rings. The van der Waals surface area contributed by atoms with Gasteiger partial charge in [0.15, 0.2) is 0 Å². The van der Waals surface area contributed by atoms with E-state index in [2.05, 4.69) is 40.5 Å². The fourth-order valence-corrected chi connectivity index (χ4v) is 6.32. The first-order chi connectivity index (χ1) is 15.1. The topological polar surface area (TPSA) is 58.6 Å². The lowest BCUT2D eigenvalue weighted by molar-refractivity contribution is -0.146. The monoisotopic (exact) mass is 426 g/mol. The number of rotatable bonds is 6. The normalized spacial score (nSPS) is 30.4. The summed E-state index contributed by atoms with van der Waals surface area (Å²) in [6, 6.07) is 10.5. The highest BCUT2D eigenvalue weighted by Crippen LogP contribution is 2.45. The Morgan fingerprint density at radius 1 is 1.10 bits per heavy atom. The first kappa shape index (κ1) is 22.3. The summed E-state index contributed by atoms with van der Waals surface area (Å²) in [7, 11) is 1.46. The lowest BCUT2D eigenvalue weighted by Gasteiger charge is -2.37. The van der Waals surface area contributed by atoms with Crippen molar-refractivity contribution in [3.8, 4) is 0 Å². The fraction of sp³-hybridized carbons (Fsp3) is 0.692. The van der Waals surface area contributed by atoms with E-state index in [1.807, 2.05) is 6.92 Å². The summed E-state index contributed by atoms with van der Waals surface area (Å²) in [6.07, 6.45) is 8.98. The van der Waals surface area contributed by atoms with Crippen LogP contribution in [-0.2, 0) is 20.7 Å². The molecule has 2 aliphatic carbocycles. The molecule has 170 valence electrons. The average Bonchev–Trinajstić information content (AvgIpc) is 3.17. The summed E-state index contributed by atoms with van der Waals surface area (Å²) in [4.78, 5) is 27.9. The highest BCUT2D eigenvalue weighted by Gasteiger charge is 2.48. The lowest BCUT2D eigenvalue weighted by Crippen LogP contribution is -2.53. The van der Waals surface area contributed by atoms with Crippen molar-refractivity contribution in [3.05, 3.63) is 35.9 Å². The Balaban J connectivity index is 1.32. The van der Waals surface area contributed by atoms with Crippen LogP contribution in [-0.4, -0.2) is 49.1 Å². The number of esters is 1. The summed E-state index contributed by atoms with van der Waals surface area (Å²) in [5, 5.41) is 3.31. The molecule has 3 fully saturated rings. The zero-order chi connectivity index (χ0) is 21.8. The van der Waals surface area contributed by atoms with E-state index in [1.54, 1.807) is 0 Å². The molecule has 5 atom stereocenters. The zero-order valence-electron chi connectivity index (χ0n) is 19.1. The molecule has 0 radical (unpaired) electrons. The molecule has 5 nitrogen and oxygen atoms in total. The molecular formula is C26H38N2O3. The van der Waals surface area contributed by atoms with Crippen molar-refractivity contribution in [2.75, 3.05) is 20.2 Å². The van der Waals surface area contributed by atoms with Crippen molar-refractivity contribution in [1.29, 1.82) is 0 Å². The van der Waals surface area contributed by atoms with Gasteiger partial charge in [0.05, 0.1) is 19.1 Å². The third-order valence-electron chi connectivity index (χ3n) is 8.18. The third-order valence-corrected chi connectivity index (χ3v) is 8.18. The Bertz CT molecular complexity index is 744. The van der Waals surface area contributed by atoms with Gasteiger partial charge >= 0.3 is 5.97 Å². The van der Waals surface area contributed by atoms with Gasteiger partial charge in [-0.2, -0.15) is 0 Å². The lowest BCUT2D eigenvalue weighted by atomic mass is 9.80. The van der Waals surface area contributed by atoms with Gasteiger partial charge in [0.25, 0.3) is 0 Å². The van der Waals surface area contributed by atoms with E-state index in [0.29, 0.717) is 17.8 Å². The van der Waals surface area contributed by atoms with Crippen LogP contribution in [0.1, 0.15) is 57.4 Å². The number of ether oxygens (including phenoxy) is 1. The number of nitrogens with zero attached hydrogens (tertiary/aromatic N) is 1. The summed E-state index contributed by atoms with van der Waals surface area (Å²) in [5.74, 6) is 1.39. The van der Waals surface area contributed by atoms with Gasteiger partial charge in [-0.1, -0.05) is 49.6 Å². The SMILES string of the molecule is COC(=O)C1CC2CCCCC2C1NC(=O)C(C)N1CCC(Cc2ccccc2)CC1. The molecule has 0 bridgehead atoms. The van der Waals surface area contributed by atoms with Gasteiger partial charge in [0.1, 0.15) is 0 Å². The number of hydrogen-bond acceptors (Lipinski definition) is 4. The summed E-state index contributed by atoms with van der Waals surface area (Å²) < 4.78 is 5.09. The van der Waals surface area contributed by atoms with Crippen molar-refractivity contribution in [2.45, 2.75) is 70.4 Å². The molecule has 31 heavy (non-hydrogen) atoms. The smallest absolute Gasteiger partial charge is 0.310 e. The standard InChI is InChI=1S/C26H38N2O3/c1-18(28-14-12-20(13-15-28)16-19-8-4-3-5-9-19)25(29)27-24-22-11-7-6-10-21(22)17-23(24)26(30)31-2/h3-5,8-9,18,20-24H,6-7,10-17H2,1-2H3,(H,27,29). The summed E-state index contributed by atoms with van der Waals surface area (Å²) in [6.45, 7) is 3.94. The molecule has 5 unspecified atom stereocenters. The van der Waals surface area contributed by atoms with Crippen molar-refractivity contribution in [1.82, 2.24) is 10.2 Å². The molecule has 1 heterocycles. The van der Waals surface area contributed by atoms with E-state index in [-0.39, 0.29) is 29.9 Å². The van der Waals surface area contributed by atoms with Crippen LogP contribution in [0.3, 0.4) is 0 Å². The minimum absolute atomic E-state index is 0.0664. The molecule has 1 aromatic carbocycles. The van der Waals surface area contributed by atoms with Crippen molar-refractivity contribution in [2.24, 2.45) is 23.7 Å². The summed E-state index contributed by atoms with van der Waals surface area (Å²) in [5.41, 5.74) is 1.41. The van der Waals surface area contributed by atoms with Crippen LogP contribution in [0.2, 0.25) is 0 Å². The van der Waals surface area contributed by atoms with Crippen LogP contribution in [0.5, 0.6) is 0 Å². The number of likely N-dealkylation sites (tertiary alicyclic amines) is 1. The van der Waals surface area contributed by atoms with E-state index in [4.69, 9.17) is 4.74 Å². The van der Waals surface area contributed by atoms with Crippen molar-refractivity contribution >= 4 is 11.9 Å². The second-order valence-electron chi connectivity index (χ2n) is 9.95. The maximum absolute atomic E-state index is 13.2. The Morgan fingerprint density at radius 2 is 1.81 bits per heavy atom. The number of benzene rings is 1. The fourth-order valence-electron chi connectivity index (χ4n) is 6.32. The predicted octanol–water partition coefficient (Wildman–Crippen LogP) is 3.81. The van der Waals surface area contributed by atoms with E-state index >= 15 is 0 Å². The predicted molar refractivity (Wildman–Crippen MR) is 121 cm³/mol. The number of hydrogen-bond donors (Lipinski definition) is 1. The van der Waals surface area contributed by atoms with Gasteiger partial charge in [-0.05, 0) is 75.4 Å². The van der Waals surface area contributed by atoms with Crippen LogP contribution in [0, 0.1) is 23.7 Å². The van der Waals surface area contributed by atoms with Gasteiger partial charge in [0, 0.05) is 6.04 Å². The Morgan fingerprint density at radius 3 is 2.52 bits per heavy atom. The number of carbonyl (C=O) groups is 2. The van der Waals surface area contributed by atoms with Gasteiger partial charge in [-0.15, -0.1) is 0 Å². The first-order valence-electron chi connectivity index (χ1n) is 12.2. The molecule has 5 heteroatoms. The first-order valence-corrected chi connectivity index (χ1v) is 12.2. The Labute approximate surface area is 186 Å². The molecule has 1 aliphatic heterocycles. The highest BCUT2D eigenvalue weighted by atomic mass is 16.5. The van der Waals surface area contributed by atoms with Crippen LogP contribution < -0.4 is 5.32 Å². The van der Waals surface area contributed by atoms with E-state index < -0.39 is 0 Å². The largest absolute Gasteiger partial charge is 0.469 e. The zero-order valence-corrected chi connectivity index (χ0v) is 19.1. The second kappa shape index (κ2) is 10.2. The van der Waals surface area contributed by atoms with Gasteiger partial charge < -0.3 is 10.1 Å². The van der Waals surface area contributed by atoms with Crippen LogP contribution >= 0.6 is 0 Å². The van der Waals surface area contributed by atoms with Gasteiger partial charge in [-0.3, -0.25) is 14.5 Å². The van der Waals surface area contributed by atoms with E-state index in [0.717, 1.165) is 45.2 Å². The molecule has 1 amide bonds. The highest BCUT2D eigenvalue weighted by molar-refractivity contribution is 5.83. The maximum Gasteiger partial charge on any atom is 0.310 e.